The fourth-order valence-corrected chi connectivity index (χ4v) is 1.05. The van der Waals surface area contributed by atoms with Gasteiger partial charge in [-0.1, -0.05) is 13.8 Å². The van der Waals surface area contributed by atoms with Gasteiger partial charge in [-0.05, 0) is 18.5 Å². The van der Waals surface area contributed by atoms with Crippen LogP contribution in [0.25, 0.3) is 0 Å². The third-order valence-corrected chi connectivity index (χ3v) is 3.29. The predicted molar refractivity (Wildman–Crippen MR) is 48.6 cm³/mol. The summed E-state index contributed by atoms with van der Waals surface area (Å²) in [5.74, 6) is 0. The fourth-order valence-electron chi connectivity index (χ4n) is 0.350. The van der Waals surface area contributed by atoms with Crippen LogP contribution in [0.3, 0.4) is 0 Å². The smallest absolute Gasteiger partial charge is 0.0636 e. The number of rotatable bonds is 3. The Morgan fingerprint density at radius 1 is 1.56 bits per heavy atom. The Morgan fingerprint density at radius 3 is 2.11 bits per heavy atom. The Bertz CT molecular complexity index is 83.1. The third kappa shape index (κ3) is 2.94. The molecule has 0 amide bonds. The second-order valence-corrected chi connectivity index (χ2v) is 3.65. The minimum Gasteiger partial charge on any atom is -0.362 e. The van der Waals surface area contributed by atoms with Crippen molar-refractivity contribution in [2.75, 3.05) is 6.16 Å². The molecule has 0 aromatic carbocycles. The molecule has 0 spiro atoms. The summed E-state index contributed by atoms with van der Waals surface area (Å²) < 4.78 is 5.11. The van der Waals surface area contributed by atoms with Gasteiger partial charge in [-0.3, -0.25) is 0 Å². The quantitative estimate of drug-likeness (QED) is 0.583. The van der Waals surface area contributed by atoms with Gasteiger partial charge < -0.3 is 4.52 Å². The summed E-state index contributed by atoms with van der Waals surface area (Å²) in [6.07, 6.45) is 1.38. The molecular formula is C6H16OP2. The summed E-state index contributed by atoms with van der Waals surface area (Å²) in [4.78, 5) is 0. The van der Waals surface area contributed by atoms with Crippen LogP contribution in [0.2, 0.25) is 0 Å². The zero-order chi connectivity index (χ0) is 7.49. The highest BCUT2D eigenvalue weighted by molar-refractivity contribution is 7.16. The van der Waals surface area contributed by atoms with Crippen molar-refractivity contribution in [1.29, 1.82) is 0 Å². The van der Waals surface area contributed by atoms with E-state index in [1.165, 1.54) is 0 Å². The van der Waals surface area contributed by atoms with Gasteiger partial charge in [0.2, 0.25) is 0 Å². The van der Waals surface area contributed by atoms with Gasteiger partial charge in [0.1, 0.15) is 0 Å². The summed E-state index contributed by atoms with van der Waals surface area (Å²) >= 11 is 0. The molecule has 3 atom stereocenters. The first-order valence-electron chi connectivity index (χ1n) is 3.10. The summed E-state index contributed by atoms with van der Waals surface area (Å²) in [6, 6.07) is 0. The van der Waals surface area contributed by atoms with Gasteiger partial charge in [0.05, 0.1) is 6.10 Å². The van der Waals surface area contributed by atoms with E-state index in [1.54, 1.807) is 0 Å². The monoisotopic (exact) mass is 166 g/mol. The van der Waals surface area contributed by atoms with Crippen molar-refractivity contribution in [3.05, 3.63) is 0 Å². The third-order valence-electron chi connectivity index (χ3n) is 1.83. The molecule has 0 N–H and O–H groups in total. The van der Waals surface area contributed by atoms with Crippen LogP contribution in [0.5, 0.6) is 0 Å². The van der Waals surface area contributed by atoms with Crippen molar-refractivity contribution < 1.29 is 4.52 Å². The summed E-state index contributed by atoms with van der Waals surface area (Å²) in [6.45, 7) is 6.46. The van der Waals surface area contributed by atoms with Crippen LogP contribution in [-0.2, 0) is 4.52 Å². The minimum atomic E-state index is 0.270. The van der Waals surface area contributed by atoms with Gasteiger partial charge in [-0.25, -0.2) is 0 Å². The fraction of sp³-hybridized carbons (Fsp3) is 1.00. The average Bonchev–Trinajstić information content (AvgIpc) is 1.86. The van der Waals surface area contributed by atoms with E-state index < -0.39 is 0 Å². The van der Waals surface area contributed by atoms with E-state index in [0.29, 0.717) is 6.10 Å². The molecule has 0 fully saturated rings. The van der Waals surface area contributed by atoms with Gasteiger partial charge in [0.25, 0.3) is 0 Å². The van der Waals surface area contributed by atoms with Crippen molar-refractivity contribution in [1.82, 2.24) is 0 Å². The van der Waals surface area contributed by atoms with Gasteiger partial charge in [0.15, 0.2) is 0 Å². The van der Waals surface area contributed by atoms with Gasteiger partial charge >= 0.3 is 0 Å². The first-order valence-corrected chi connectivity index (χ1v) is 4.39. The molecule has 3 heteroatoms. The largest absolute Gasteiger partial charge is 0.362 e. The molecule has 56 valence electrons. The molecule has 0 heterocycles. The normalized spacial score (nSPS) is 15.7. The molecule has 0 aromatic rings. The Balaban J connectivity index is 3.80. The van der Waals surface area contributed by atoms with Crippen LogP contribution >= 0.6 is 18.7 Å². The summed E-state index contributed by atoms with van der Waals surface area (Å²) in [5.41, 5.74) is 0.270. The molecule has 0 rings (SSSR count). The van der Waals surface area contributed by atoms with E-state index in [1.807, 2.05) is 0 Å². The van der Waals surface area contributed by atoms with E-state index in [-0.39, 0.29) is 5.41 Å². The molecule has 9 heavy (non-hydrogen) atoms. The van der Waals surface area contributed by atoms with E-state index in [4.69, 9.17) is 4.52 Å². The lowest BCUT2D eigenvalue weighted by molar-refractivity contribution is 0.130. The predicted octanol–water partition coefficient (Wildman–Crippen LogP) is 2.08. The minimum absolute atomic E-state index is 0.270. The van der Waals surface area contributed by atoms with Gasteiger partial charge in [-0.15, -0.1) is 9.24 Å². The molecule has 3 unspecified atom stereocenters. The molecule has 0 bridgehead atoms. The van der Waals surface area contributed by atoms with E-state index >= 15 is 0 Å². The molecule has 0 radical (unpaired) electrons. The van der Waals surface area contributed by atoms with Crippen molar-refractivity contribution in [2.24, 2.45) is 5.41 Å². The highest BCUT2D eigenvalue weighted by Crippen LogP contribution is 2.26. The molecule has 0 aliphatic heterocycles. The summed E-state index contributed by atoms with van der Waals surface area (Å²) in [5, 5.41) is 0. The molecular weight excluding hydrogens is 150 g/mol. The molecule has 0 aromatic heterocycles. The van der Waals surface area contributed by atoms with Gasteiger partial charge in [0, 0.05) is 9.47 Å². The van der Waals surface area contributed by atoms with Crippen molar-refractivity contribution in [3.63, 3.8) is 0 Å². The highest BCUT2D eigenvalue weighted by atomic mass is 31.0. The Kier molecular flexibility index (Phi) is 4.21. The lowest BCUT2D eigenvalue weighted by atomic mass is 9.90. The summed E-state index contributed by atoms with van der Waals surface area (Å²) in [7, 11) is 5.03. The average molecular weight is 166 g/mol. The Hall–Kier alpha value is 0.820. The maximum absolute atomic E-state index is 5.11. The van der Waals surface area contributed by atoms with Gasteiger partial charge in [-0.2, -0.15) is 0 Å². The Labute approximate surface area is 62.4 Å². The first kappa shape index (κ1) is 9.82. The van der Waals surface area contributed by atoms with E-state index in [9.17, 15) is 0 Å². The van der Waals surface area contributed by atoms with Crippen LogP contribution in [0.1, 0.15) is 20.8 Å². The number of hydrogen-bond acceptors (Lipinski definition) is 1. The molecule has 0 aliphatic carbocycles. The maximum atomic E-state index is 5.11. The van der Waals surface area contributed by atoms with Crippen LogP contribution in [0, 0.1) is 5.41 Å². The topological polar surface area (TPSA) is 9.23 Å². The second-order valence-electron chi connectivity index (χ2n) is 2.97. The first-order chi connectivity index (χ1) is 4.04. The zero-order valence-electron chi connectivity index (χ0n) is 6.35. The number of hydrogen-bond donors (Lipinski definition) is 0. The standard InChI is InChI=1S/C6H16OP2/c1-5(7-9)6(2,3)4-8/h5H,4,8-9H2,1-3H3. The SMILES string of the molecule is CC(OP)C(C)(C)CP. The zero-order valence-corrected chi connectivity index (χ0v) is 8.66. The second kappa shape index (κ2) is 3.86. The molecule has 1 nitrogen and oxygen atoms in total. The van der Waals surface area contributed by atoms with E-state index in [0.717, 1.165) is 6.16 Å². The Morgan fingerprint density at radius 2 is 2.00 bits per heavy atom. The van der Waals surface area contributed by atoms with Crippen LogP contribution < -0.4 is 0 Å². The van der Waals surface area contributed by atoms with Crippen LogP contribution in [-0.4, -0.2) is 12.3 Å². The van der Waals surface area contributed by atoms with Crippen molar-refractivity contribution in [3.8, 4) is 0 Å². The molecule has 0 saturated heterocycles. The molecule has 0 saturated carbocycles. The van der Waals surface area contributed by atoms with Crippen LogP contribution in [0.15, 0.2) is 0 Å². The highest BCUT2D eigenvalue weighted by Gasteiger charge is 2.23. The molecule has 0 aliphatic rings. The van der Waals surface area contributed by atoms with E-state index in [2.05, 4.69) is 39.5 Å². The van der Waals surface area contributed by atoms with Crippen LogP contribution in [0.4, 0.5) is 0 Å². The van der Waals surface area contributed by atoms with Crippen molar-refractivity contribution >= 4 is 18.7 Å². The lowest BCUT2D eigenvalue weighted by Crippen LogP contribution is -2.28. The maximum Gasteiger partial charge on any atom is 0.0636 e. The van der Waals surface area contributed by atoms with Crippen molar-refractivity contribution in [2.45, 2.75) is 26.9 Å². The lowest BCUT2D eigenvalue weighted by Gasteiger charge is -2.28.